The number of nitrogens with one attached hydrogen (secondary N) is 1. The van der Waals surface area contributed by atoms with Gasteiger partial charge in [0.1, 0.15) is 5.75 Å². The van der Waals surface area contributed by atoms with Gasteiger partial charge in [0.15, 0.2) is 0 Å². The van der Waals surface area contributed by atoms with E-state index in [0.717, 1.165) is 11.3 Å². The van der Waals surface area contributed by atoms with Crippen LogP contribution in [0.15, 0.2) is 36.4 Å². The minimum absolute atomic E-state index is 0.0957. The lowest BCUT2D eigenvalue weighted by atomic mass is 10.1. The molecule has 0 heterocycles. The Hall–Kier alpha value is -2.30. The van der Waals surface area contributed by atoms with Gasteiger partial charge in [-0.1, -0.05) is 18.7 Å². The van der Waals surface area contributed by atoms with Crippen molar-refractivity contribution in [2.75, 3.05) is 20.8 Å². The molecule has 0 radical (unpaired) electrons. The van der Waals surface area contributed by atoms with Gasteiger partial charge in [0, 0.05) is 12.1 Å². The van der Waals surface area contributed by atoms with E-state index in [-0.39, 0.29) is 17.9 Å². The van der Waals surface area contributed by atoms with Crippen molar-refractivity contribution in [2.45, 2.75) is 12.8 Å². The van der Waals surface area contributed by atoms with E-state index in [1.807, 2.05) is 24.3 Å². The van der Waals surface area contributed by atoms with E-state index in [4.69, 9.17) is 4.74 Å². The van der Waals surface area contributed by atoms with Gasteiger partial charge in [-0.25, -0.2) is 0 Å². The first-order valence-corrected chi connectivity index (χ1v) is 6.22. The van der Waals surface area contributed by atoms with Crippen LogP contribution in [-0.4, -0.2) is 32.6 Å². The lowest BCUT2D eigenvalue weighted by Gasteiger charge is -2.08. The standard InChI is InChI=1S/C15H19NO4/c1-11(9-14(17)20-3)15(18)16-8-7-12-5-4-6-13(10-12)19-2/h4-6,10H,1,7-9H2,2-3H3,(H,16,18). The summed E-state index contributed by atoms with van der Waals surface area (Å²) in [6.07, 6.45) is 0.579. The van der Waals surface area contributed by atoms with Gasteiger partial charge < -0.3 is 14.8 Å². The van der Waals surface area contributed by atoms with Crippen molar-refractivity contribution in [1.82, 2.24) is 5.32 Å². The fraction of sp³-hybridized carbons (Fsp3) is 0.333. The highest BCUT2D eigenvalue weighted by atomic mass is 16.5. The highest BCUT2D eigenvalue weighted by Crippen LogP contribution is 2.12. The zero-order chi connectivity index (χ0) is 15.0. The van der Waals surface area contributed by atoms with E-state index < -0.39 is 5.97 Å². The molecule has 5 nitrogen and oxygen atoms in total. The Morgan fingerprint density at radius 3 is 2.70 bits per heavy atom. The molecule has 0 unspecified atom stereocenters. The van der Waals surface area contributed by atoms with Gasteiger partial charge in [-0.05, 0) is 24.1 Å². The smallest absolute Gasteiger partial charge is 0.310 e. The summed E-state index contributed by atoms with van der Waals surface area (Å²) in [6.45, 7) is 4.03. The molecule has 1 N–H and O–H groups in total. The first-order valence-electron chi connectivity index (χ1n) is 6.22. The molecule has 0 aliphatic heterocycles. The molecule has 0 bridgehead atoms. The maximum Gasteiger partial charge on any atom is 0.310 e. The van der Waals surface area contributed by atoms with Gasteiger partial charge in [-0.2, -0.15) is 0 Å². The molecular formula is C15H19NO4. The van der Waals surface area contributed by atoms with Crippen LogP contribution < -0.4 is 10.1 Å². The second kappa shape index (κ2) is 7.99. The number of ether oxygens (including phenoxy) is 2. The summed E-state index contributed by atoms with van der Waals surface area (Å²) in [6, 6.07) is 7.62. The molecule has 1 amide bonds. The predicted octanol–water partition coefficient (Wildman–Crippen LogP) is 1.47. The topological polar surface area (TPSA) is 64.6 Å². The van der Waals surface area contributed by atoms with Crippen LogP contribution >= 0.6 is 0 Å². The number of hydrogen-bond acceptors (Lipinski definition) is 4. The Labute approximate surface area is 118 Å². The first kappa shape index (κ1) is 15.8. The van der Waals surface area contributed by atoms with Crippen molar-refractivity contribution in [1.29, 1.82) is 0 Å². The molecule has 0 aliphatic carbocycles. The van der Waals surface area contributed by atoms with E-state index in [2.05, 4.69) is 16.6 Å². The molecule has 1 aromatic rings. The maximum atomic E-state index is 11.7. The van der Waals surface area contributed by atoms with Crippen LogP contribution in [0, 0.1) is 0 Å². The molecule has 1 aromatic carbocycles. The van der Waals surface area contributed by atoms with Crippen molar-refractivity contribution in [3.63, 3.8) is 0 Å². The molecule has 20 heavy (non-hydrogen) atoms. The van der Waals surface area contributed by atoms with Crippen LogP contribution in [-0.2, 0) is 20.7 Å². The van der Waals surface area contributed by atoms with Crippen molar-refractivity contribution in [3.05, 3.63) is 42.0 Å². The number of methoxy groups -OCH3 is 2. The van der Waals surface area contributed by atoms with Gasteiger partial charge in [0.05, 0.1) is 20.6 Å². The summed E-state index contributed by atoms with van der Waals surface area (Å²) >= 11 is 0. The van der Waals surface area contributed by atoms with E-state index in [1.54, 1.807) is 7.11 Å². The molecule has 0 spiro atoms. The quantitative estimate of drug-likeness (QED) is 0.605. The highest BCUT2D eigenvalue weighted by molar-refractivity contribution is 5.96. The van der Waals surface area contributed by atoms with Gasteiger partial charge >= 0.3 is 5.97 Å². The van der Waals surface area contributed by atoms with Crippen LogP contribution in [0.4, 0.5) is 0 Å². The fourth-order valence-corrected chi connectivity index (χ4v) is 1.60. The summed E-state index contributed by atoms with van der Waals surface area (Å²) in [4.78, 5) is 22.7. The monoisotopic (exact) mass is 277 g/mol. The average molecular weight is 277 g/mol. The van der Waals surface area contributed by atoms with Gasteiger partial charge in [-0.15, -0.1) is 0 Å². The van der Waals surface area contributed by atoms with Gasteiger partial charge in [0.25, 0.3) is 0 Å². The Kier molecular flexibility index (Phi) is 6.29. The molecular weight excluding hydrogens is 258 g/mol. The van der Waals surface area contributed by atoms with Crippen molar-refractivity contribution in [3.8, 4) is 5.75 Å². The molecule has 0 atom stereocenters. The summed E-state index contributed by atoms with van der Waals surface area (Å²) in [7, 11) is 2.88. The summed E-state index contributed by atoms with van der Waals surface area (Å²) in [5.74, 6) is -0.0276. The normalized spacial score (nSPS) is 9.70. The molecule has 5 heteroatoms. The summed E-state index contributed by atoms with van der Waals surface area (Å²) in [5, 5.41) is 2.71. The summed E-state index contributed by atoms with van der Waals surface area (Å²) in [5.41, 5.74) is 1.26. The number of hydrogen-bond donors (Lipinski definition) is 1. The first-order chi connectivity index (χ1) is 9.56. The van der Waals surface area contributed by atoms with Crippen LogP contribution in [0.2, 0.25) is 0 Å². The molecule has 0 saturated carbocycles. The van der Waals surface area contributed by atoms with E-state index >= 15 is 0 Å². The molecule has 108 valence electrons. The zero-order valence-electron chi connectivity index (χ0n) is 11.8. The van der Waals surface area contributed by atoms with Crippen molar-refractivity contribution < 1.29 is 19.1 Å². The van der Waals surface area contributed by atoms with Gasteiger partial charge in [0.2, 0.25) is 5.91 Å². The number of carbonyl (C=O) groups is 2. The molecule has 0 saturated heterocycles. The maximum absolute atomic E-state index is 11.7. The van der Waals surface area contributed by atoms with Crippen LogP contribution in [0.5, 0.6) is 5.75 Å². The van der Waals surface area contributed by atoms with E-state index in [9.17, 15) is 9.59 Å². The molecule has 0 fully saturated rings. The van der Waals surface area contributed by atoms with E-state index in [0.29, 0.717) is 13.0 Å². The fourth-order valence-electron chi connectivity index (χ4n) is 1.60. The second-order valence-corrected chi connectivity index (χ2v) is 4.21. The van der Waals surface area contributed by atoms with Crippen LogP contribution in [0.25, 0.3) is 0 Å². The Balaban J connectivity index is 2.38. The summed E-state index contributed by atoms with van der Waals surface area (Å²) < 4.78 is 9.60. The molecule has 0 aromatic heterocycles. The molecule has 1 rings (SSSR count). The minimum atomic E-state index is -0.474. The Bertz CT molecular complexity index is 496. The van der Waals surface area contributed by atoms with Gasteiger partial charge in [-0.3, -0.25) is 9.59 Å². The third kappa shape index (κ3) is 5.14. The largest absolute Gasteiger partial charge is 0.497 e. The SMILES string of the molecule is C=C(CC(=O)OC)C(=O)NCCc1cccc(OC)c1. The predicted molar refractivity (Wildman–Crippen MR) is 75.5 cm³/mol. The second-order valence-electron chi connectivity index (χ2n) is 4.21. The lowest BCUT2D eigenvalue weighted by molar-refractivity contribution is -0.140. The Morgan fingerprint density at radius 2 is 2.05 bits per heavy atom. The van der Waals surface area contributed by atoms with E-state index in [1.165, 1.54) is 7.11 Å². The zero-order valence-corrected chi connectivity index (χ0v) is 11.8. The van der Waals surface area contributed by atoms with Crippen LogP contribution in [0.1, 0.15) is 12.0 Å². The minimum Gasteiger partial charge on any atom is -0.497 e. The Morgan fingerprint density at radius 1 is 1.30 bits per heavy atom. The third-order valence-corrected chi connectivity index (χ3v) is 2.74. The highest BCUT2D eigenvalue weighted by Gasteiger charge is 2.11. The van der Waals surface area contributed by atoms with Crippen LogP contribution in [0.3, 0.4) is 0 Å². The number of rotatable bonds is 7. The number of esters is 1. The number of carbonyl (C=O) groups excluding carboxylic acids is 2. The van der Waals surface area contributed by atoms with Crippen molar-refractivity contribution in [2.24, 2.45) is 0 Å². The lowest BCUT2D eigenvalue weighted by Crippen LogP contribution is -2.27. The average Bonchev–Trinajstić information content (AvgIpc) is 2.47. The number of amides is 1. The molecule has 0 aliphatic rings. The number of benzene rings is 1. The van der Waals surface area contributed by atoms with Crippen molar-refractivity contribution >= 4 is 11.9 Å². The third-order valence-electron chi connectivity index (χ3n) is 2.74.